The van der Waals surface area contributed by atoms with Gasteiger partial charge in [0, 0.05) is 24.3 Å². The van der Waals surface area contributed by atoms with E-state index in [9.17, 15) is 20.2 Å². The van der Waals surface area contributed by atoms with Crippen LogP contribution >= 0.6 is 27.5 Å². The molecule has 3 aromatic rings. The van der Waals surface area contributed by atoms with Crippen LogP contribution in [0.3, 0.4) is 0 Å². The molecule has 0 spiro atoms. The van der Waals surface area contributed by atoms with E-state index in [-0.39, 0.29) is 33.1 Å². The molecule has 1 N–H and O–H groups in total. The van der Waals surface area contributed by atoms with Crippen LogP contribution < -0.4 is 5.32 Å². The highest BCUT2D eigenvalue weighted by Crippen LogP contribution is 2.37. The van der Waals surface area contributed by atoms with Crippen LogP contribution in [0, 0.1) is 21.4 Å². The van der Waals surface area contributed by atoms with Gasteiger partial charge < -0.3 is 9.73 Å². The van der Waals surface area contributed by atoms with Gasteiger partial charge in [0.1, 0.15) is 27.6 Å². The zero-order valence-electron chi connectivity index (χ0n) is 15.3. The average molecular weight is 487 g/mol. The van der Waals surface area contributed by atoms with Gasteiger partial charge >= 0.3 is 0 Å². The number of carbonyl (C=O) groups is 1. The molecule has 0 bridgehead atoms. The fourth-order valence-corrected chi connectivity index (χ4v) is 3.19. The van der Waals surface area contributed by atoms with Gasteiger partial charge in [0.25, 0.3) is 11.6 Å². The smallest absolute Gasteiger partial charge is 0.285 e. The summed E-state index contributed by atoms with van der Waals surface area (Å²) in [6.45, 7) is 0.281. The number of hydrogen-bond acceptors (Lipinski definition) is 5. The number of nitro groups is 1. The minimum atomic E-state index is -0.561. The summed E-state index contributed by atoms with van der Waals surface area (Å²) in [6.07, 6.45) is 1.30. The molecule has 0 fully saturated rings. The Bertz CT molecular complexity index is 1180. The van der Waals surface area contributed by atoms with Crippen molar-refractivity contribution in [1.82, 2.24) is 5.32 Å². The number of hydrogen-bond donors (Lipinski definition) is 1. The number of amides is 1. The summed E-state index contributed by atoms with van der Waals surface area (Å²) in [5, 5.41) is 23.3. The highest BCUT2D eigenvalue weighted by atomic mass is 79.9. The summed E-state index contributed by atoms with van der Waals surface area (Å²) < 4.78 is 5.81. The molecule has 1 heterocycles. The third-order valence-corrected chi connectivity index (χ3v) is 5.42. The summed E-state index contributed by atoms with van der Waals surface area (Å²) in [5.41, 5.74) is 0.953. The highest BCUT2D eigenvalue weighted by molar-refractivity contribution is 9.10. The van der Waals surface area contributed by atoms with E-state index in [1.165, 1.54) is 18.2 Å². The van der Waals surface area contributed by atoms with Crippen LogP contribution in [0.5, 0.6) is 0 Å². The van der Waals surface area contributed by atoms with Gasteiger partial charge in [-0.05, 0) is 39.7 Å². The minimum absolute atomic E-state index is 0.133. The lowest BCUT2D eigenvalue weighted by Gasteiger charge is -2.04. The summed E-state index contributed by atoms with van der Waals surface area (Å²) >= 11 is 9.14. The first kappa shape index (κ1) is 21.3. The largest absolute Gasteiger partial charge is 0.457 e. The van der Waals surface area contributed by atoms with Crippen molar-refractivity contribution in [1.29, 1.82) is 5.26 Å². The van der Waals surface area contributed by atoms with E-state index >= 15 is 0 Å². The van der Waals surface area contributed by atoms with E-state index in [2.05, 4.69) is 21.2 Å². The number of benzene rings is 2. The molecule has 0 saturated carbocycles. The molecular weight excluding hydrogens is 474 g/mol. The van der Waals surface area contributed by atoms with Gasteiger partial charge in [-0.25, -0.2) is 0 Å². The Labute approximate surface area is 184 Å². The number of rotatable bonds is 6. The van der Waals surface area contributed by atoms with Crippen LogP contribution in [0.25, 0.3) is 17.4 Å². The quantitative estimate of drug-likeness (QED) is 0.214. The molecule has 0 atom stereocenters. The summed E-state index contributed by atoms with van der Waals surface area (Å²) in [7, 11) is 0. The lowest BCUT2D eigenvalue weighted by Crippen LogP contribution is -2.23. The van der Waals surface area contributed by atoms with Crippen molar-refractivity contribution < 1.29 is 14.1 Å². The van der Waals surface area contributed by atoms with Gasteiger partial charge in [-0.1, -0.05) is 41.9 Å². The third kappa shape index (κ3) is 4.95. The lowest BCUT2D eigenvalue weighted by atomic mass is 10.1. The predicted molar refractivity (Wildman–Crippen MR) is 115 cm³/mol. The first-order valence-electron chi connectivity index (χ1n) is 8.56. The molecule has 30 heavy (non-hydrogen) atoms. The monoisotopic (exact) mass is 485 g/mol. The molecule has 3 rings (SSSR count). The third-order valence-electron chi connectivity index (χ3n) is 4.06. The molecule has 0 aliphatic carbocycles. The highest BCUT2D eigenvalue weighted by Gasteiger charge is 2.19. The van der Waals surface area contributed by atoms with Crippen molar-refractivity contribution >= 4 is 45.2 Å². The van der Waals surface area contributed by atoms with Crippen molar-refractivity contribution in [3.8, 4) is 17.4 Å². The number of furan rings is 1. The Kier molecular flexibility index (Phi) is 6.67. The standard InChI is InChI=1S/C21H13BrClN3O4/c22-20-17(23)9-14(10-18(20)26(28)29)19-7-6-16(30-19)8-15(11-24)21(27)25-12-13-4-2-1-3-5-13/h1-10H,12H2,(H,25,27)/b15-8+. The molecule has 0 aliphatic rings. The Morgan fingerprint density at radius 3 is 2.67 bits per heavy atom. The van der Waals surface area contributed by atoms with Gasteiger partial charge in [-0.2, -0.15) is 5.26 Å². The summed E-state index contributed by atoms with van der Waals surface area (Å²) in [4.78, 5) is 22.9. The predicted octanol–water partition coefficient (Wildman–Crippen LogP) is 5.49. The van der Waals surface area contributed by atoms with Crippen molar-refractivity contribution in [3.05, 3.63) is 91.1 Å². The molecule has 7 nitrogen and oxygen atoms in total. The number of halogens is 2. The topological polar surface area (TPSA) is 109 Å². The Balaban J connectivity index is 1.81. The Morgan fingerprint density at radius 1 is 1.27 bits per heavy atom. The van der Waals surface area contributed by atoms with E-state index in [1.807, 2.05) is 36.4 Å². The zero-order valence-corrected chi connectivity index (χ0v) is 17.6. The van der Waals surface area contributed by atoms with Crippen LogP contribution in [0.4, 0.5) is 5.69 Å². The molecule has 2 aromatic carbocycles. The van der Waals surface area contributed by atoms with E-state index in [1.54, 1.807) is 12.1 Å². The molecule has 150 valence electrons. The fourth-order valence-electron chi connectivity index (χ4n) is 2.60. The maximum Gasteiger partial charge on any atom is 0.285 e. The van der Waals surface area contributed by atoms with Gasteiger partial charge in [0.2, 0.25) is 0 Å². The maximum absolute atomic E-state index is 12.3. The molecule has 0 unspecified atom stereocenters. The van der Waals surface area contributed by atoms with Crippen LogP contribution in [-0.4, -0.2) is 10.8 Å². The van der Waals surface area contributed by atoms with E-state index in [4.69, 9.17) is 16.0 Å². The van der Waals surface area contributed by atoms with Crippen molar-refractivity contribution in [2.75, 3.05) is 0 Å². The lowest BCUT2D eigenvalue weighted by molar-refractivity contribution is -0.385. The van der Waals surface area contributed by atoms with Crippen LogP contribution in [0.1, 0.15) is 11.3 Å². The second kappa shape index (κ2) is 9.39. The van der Waals surface area contributed by atoms with Crippen molar-refractivity contribution in [2.24, 2.45) is 0 Å². The minimum Gasteiger partial charge on any atom is -0.457 e. The number of carbonyl (C=O) groups excluding carboxylic acids is 1. The Morgan fingerprint density at radius 2 is 2.00 bits per heavy atom. The normalized spacial score (nSPS) is 11.0. The average Bonchev–Trinajstić information content (AvgIpc) is 3.21. The number of nitrogens with zero attached hydrogens (tertiary/aromatic N) is 2. The molecule has 0 saturated heterocycles. The van der Waals surface area contributed by atoms with Crippen LogP contribution in [0.15, 0.2) is 69.1 Å². The van der Waals surface area contributed by atoms with E-state index in [0.29, 0.717) is 11.3 Å². The van der Waals surface area contributed by atoms with Gasteiger partial charge in [0.05, 0.1) is 9.95 Å². The van der Waals surface area contributed by atoms with Gasteiger partial charge in [0.15, 0.2) is 0 Å². The van der Waals surface area contributed by atoms with Crippen LogP contribution in [0.2, 0.25) is 5.02 Å². The number of nitriles is 1. The molecule has 1 amide bonds. The number of nitro benzene ring substituents is 1. The molecule has 1 aromatic heterocycles. The first-order chi connectivity index (χ1) is 14.4. The molecular formula is C21H13BrClN3O4. The first-order valence-corrected chi connectivity index (χ1v) is 9.73. The number of nitrogens with one attached hydrogen (secondary N) is 1. The summed E-state index contributed by atoms with van der Waals surface area (Å²) in [5.74, 6) is 0.0143. The van der Waals surface area contributed by atoms with Crippen LogP contribution in [-0.2, 0) is 11.3 Å². The van der Waals surface area contributed by atoms with Crippen molar-refractivity contribution in [2.45, 2.75) is 6.54 Å². The zero-order chi connectivity index (χ0) is 21.7. The Hall–Kier alpha value is -3.41. The SMILES string of the molecule is N#C/C(=C\c1ccc(-c2cc(Cl)c(Br)c([N+](=O)[O-])c2)o1)C(=O)NCc1ccccc1. The molecule has 9 heteroatoms. The second-order valence-electron chi connectivity index (χ2n) is 6.09. The van der Waals surface area contributed by atoms with E-state index in [0.717, 1.165) is 5.56 Å². The van der Waals surface area contributed by atoms with E-state index < -0.39 is 10.8 Å². The van der Waals surface area contributed by atoms with Gasteiger partial charge in [-0.3, -0.25) is 14.9 Å². The fraction of sp³-hybridized carbons (Fsp3) is 0.0476. The van der Waals surface area contributed by atoms with Gasteiger partial charge in [-0.15, -0.1) is 0 Å². The second-order valence-corrected chi connectivity index (χ2v) is 7.29. The molecule has 0 aliphatic heterocycles. The summed E-state index contributed by atoms with van der Waals surface area (Å²) in [6, 6.07) is 17.1. The van der Waals surface area contributed by atoms with Crippen molar-refractivity contribution in [3.63, 3.8) is 0 Å². The molecule has 0 radical (unpaired) electrons. The maximum atomic E-state index is 12.3.